The van der Waals surface area contributed by atoms with Crippen LogP contribution in [-0.4, -0.2) is 52.7 Å². The number of methoxy groups -OCH3 is 1. The maximum atomic E-state index is 5.49. The minimum absolute atomic E-state index is 0.243. The monoisotopic (exact) mass is 219 g/mol. The van der Waals surface area contributed by atoms with Crippen LogP contribution in [0.1, 0.15) is 20.3 Å². The highest BCUT2D eigenvalue weighted by molar-refractivity contribution is 4.55. The fourth-order valence-electron chi connectivity index (χ4n) is 1.14. The molecule has 0 saturated heterocycles. The third kappa shape index (κ3) is 11.8. The van der Waals surface area contributed by atoms with Crippen LogP contribution in [0.4, 0.5) is 0 Å². The quantitative estimate of drug-likeness (QED) is 0.527. The Hall–Kier alpha value is -0.160. The summed E-state index contributed by atoms with van der Waals surface area (Å²) >= 11 is 0. The average molecular weight is 219 g/mol. The Labute approximate surface area is 93.3 Å². The first-order valence-electron chi connectivity index (χ1n) is 5.70. The van der Waals surface area contributed by atoms with Crippen molar-refractivity contribution in [2.24, 2.45) is 0 Å². The van der Waals surface area contributed by atoms with E-state index >= 15 is 0 Å². The van der Waals surface area contributed by atoms with Crippen molar-refractivity contribution in [3.63, 3.8) is 0 Å². The van der Waals surface area contributed by atoms with Gasteiger partial charge in [0.15, 0.2) is 0 Å². The topological polar surface area (TPSA) is 39.7 Å². The molecule has 0 bridgehead atoms. The first-order valence-corrected chi connectivity index (χ1v) is 5.70. The second-order valence-electron chi connectivity index (χ2n) is 3.43. The summed E-state index contributed by atoms with van der Waals surface area (Å²) in [6.45, 7) is 8.91. The van der Waals surface area contributed by atoms with E-state index in [-0.39, 0.29) is 6.10 Å². The van der Waals surface area contributed by atoms with Crippen LogP contribution in [0.3, 0.4) is 0 Å². The molecule has 0 aromatic rings. The molecule has 0 spiro atoms. The molecule has 4 nitrogen and oxygen atoms in total. The first kappa shape index (κ1) is 14.8. The van der Waals surface area contributed by atoms with Crippen LogP contribution in [-0.2, 0) is 14.2 Å². The largest absolute Gasteiger partial charge is 0.382 e. The van der Waals surface area contributed by atoms with E-state index in [2.05, 4.69) is 12.2 Å². The summed E-state index contributed by atoms with van der Waals surface area (Å²) < 4.78 is 15.6. The molecule has 92 valence electrons. The van der Waals surface area contributed by atoms with Crippen molar-refractivity contribution in [2.45, 2.75) is 26.4 Å². The van der Waals surface area contributed by atoms with Gasteiger partial charge in [-0.05, 0) is 26.8 Å². The number of nitrogens with one attached hydrogen (secondary N) is 1. The Bertz CT molecular complexity index is 122. The average Bonchev–Trinajstić information content (AvgIpc) is 2.23. The standard InChI is InChI=1S/C11H25NO3/c1-4-14-7-5-6-12-10-11(2)15-9-8-13-3/h11-12H,4-10H2,1-3H3. The van der Waals surface area contributed by atoms with Crippen LogP contribution in [0.15, 0.2) is 0 Å². The predicted molar refractivity (Wildman–Crippen MR) is 61.3 cm³/mol. The lowest BCUT2D eigenvalue weighted by molar-refractivity contribution is 0.0265. The van der Waals surface area contributed by atoms with Crippen LogP contribution in [0.5, 0.6) is 0 Å². The molecule has 0 aliphatic rings. The van der Waals surface area contributed by atoms with Crippen LogP contribution in [0, 0.1) is 0 Å². The van der Waals surface area contributed by atoms with E-state index in [1.807, 2.05) is 6.92 Å². The number of hydrogen-bond acceptors (Lipinski definition) is 4. The van der Waals surface area contributed by atoms with Crippen molar-refractivity contribution in [1.29, 1.82) is 0 Å². The van der Waals surface area contributed by atoms with Gasteiger partial charge in [-0.3, -0.25) is 0 Å². The zero-order valence-corrected chi connectivity index (χ0v) is 10.3. The van der Waals surface area contributed by atoms with Gasteiger partial charge < -0.3 is 19.5 Å². The summed E-state index contributed by atoms with van der Waals surface area (Å²) in [5.41, 5.74) is 0. The van der Waals surface area contributed by atoms with Gasteiger partial charge in [0.2, 0.25) is 0 Å². The maximum Gasteiger partial charge on any atom is 0.0704 e. The number of rotatable bonds is 11. The molecule has 0 fully saturated rings. The van der Waals surface area contributed by atoms with Gasteiger partial charge in [-0.1, -0.05) is 0 Å². The van der Waals surface area contributed by atoms with E-state index in [9.17, 15) is 0 Å². The molecule has 0 rings (SSSR count). The van der Waals surface area contributed by atoms with Crippen LogP contribution in [0.25, 0.3) is 0 Å². The molecule has 0 saturated carbocycles. The van der Waals surface area contributed by atoms with Gasteiger partial charge in [-0.25, -0.2) is 0 Å². The van der Waals surface area contributed by atoms with Crippen LogP contribution in [0.2, 0.25) is 0 Å². The molecule has 0 radical (unpaired) electrons. The first-order chi connectivity index (χ1) is 7.31. The lowest BCUT2D eigenvalue weighted by Crippen LogP contribution is -2.29. The Morgan fingerprint density at radius 3 is 2.67 bits per heavy atom. The van der Waals surface area contributed by atoms with E-state index in [0.29, 0.717) is 13.2 Å². The second-order valence-corrected chi connectivity index (χ2v) is 3.43. The Balaban J connectivity index is 3.06. The molecule has 1 unspecified atom stereocenters. The zero-order valence-electron chi connectivity index (χ0n) is 10.3. The predicted octanol–water partition coefficient (Wildman–Crippen LogP) is 1.05. The highest BCUT2D eigenvalue weighted by Gasteiger charge is 2.00. The Kier molecular flexibility index (Phi) is 11.8. The third-order valence-electron chi connectivity index (χ3n) is 1.97. The fraction of sp³-hybridized carbons (Fsp3) is 1.00. The van der Waals surface area contributed by atoms with Gasteiger partial charge in [0.25, 0.3) is 0 Å². The minimum Gasteiger partial charge on any atom is -0.382 e. The third-order valence-corrected chi connectivity index (χ3v) is 1.97. The summed E-state index contributed by atoms with van der Waals surface area (Å²) in [5.74, 6) is 0. The molecule has 1 N–H and O–H groups in total. The van der Waals surface area contributed by atoms with Gasteiger partial charge in [-0.2, -0.15) is 0 Å². The molecule has 1 atom stereocenters. The van der Waals surface area contributed by atoms with E-state index in [1.165, 1.54) is 0 Å². The molecule has 0 aliphatic heterocycles. The second kappa shape index (κ2) is 11.9. The van der Waals surface area contributed by atoms with Crippen molar-refractivity contribution >= 4 is 0 Å². The number of hydrogen-bond donors (Lipinski definition) is 1. The Morgan fingerprint density at radius 1 is 1.20 bits per heavy atom. The molecule has 0 aliphatic carbocycles. The Morgan fingerprint density at radius 2 is 2.00 bits per heavy atom. The van der Waals surface area contributed by atoms with Crippen molar-refractivity contribution in [3.05, 3.63) is 0 Å². The lowest BCUT2D eigenvalue weighted by atomic mass is 10.3. The van der Waals surface area contributed by atoms with Crippen LogP contribution >= 0.6 is 0 Å². The van der Waals surface area contributed by atoms with E-state index in [1.54, 1.807) is 7.11 Å². The van der Waals surface area contributed by atoms with E-state index in [4.69, 9.17) is 14.2 Å². The van der Waals surface area contributed by atoms with E-state index in [0.717, 1.165) is 32.7 Å². The van der Waals surface area contributed by atoms with Gasteiger partial charge in [-0.15, -0.1) is 0 Å². The molecular weight excluding hydrogens is 194 g/mol. The van der Waals surface area contributed by atoms with Crippen molar-refractivity contribution in [3.8, 4) is 0 Å². The molecule has 0 heterocycles. The highest BCUT2D eigenvalue weighted by atomic mass is 16.5. The summed E-state index contributed by atoms with van der Waals surface area (Å²) in [6.07, 6.45) is 1.30. The molecule has 0 amide bonds. The molecule has 4 heteroatoms. The van der Waals surface area contributed by atoms with Gasteiger partial charge in [0.1, 0.15) is 0 Å². The molecule has 15 heavy (non-hydrogen) atoms. The molecule has 0 aromatic carbocycles. The van der Waals surface area contributed by atoms with Crippen LogP contribution < -0.4 is 5.32 Å². The van der Waals surface area contributed by atoms with Gasteiger partial charge in [0.05, 0.1) is 19.3 Å². The van der Waals surface area contributed by atoms with Crippen molar-refractivity contribution < 1.29 is 14.2 Å². The zero-order chi connectivity index (χ0) is 11.4. The fourth-order valence-corrected chi connectivity index (χ4v) is 1.14. The van der Waals surface area contributed by atoms with Crippen molar-refractivity contribution in [1.82, 2.24) is 5.32 Å². The summed E-state index contributed by atoms with van der Waals surface area (Å²) in [4.78, 5) is 0. The number of ether oxygens (including phenoxy) is 3. The lowest BCUT2D eigenvalue weighted by Gasteiger charge is -2.13. The normalized spacial score (nSPS) is 13.0. The summed E-state index contributed by atoms with van der Waals surface area (Å²) in [5, 5.41) is 3.33. The molecule has 0 aromatic heterocycles. The SMILES string of the molecule is CCOCCCNCC(C)OCCOC. The highest BCUT2D eigenvalue weighted by Crippen LogP contribution is 1.89. The maximum absolute atomic E-state index is 5.49. The van der Waals surface area contributed by atoms with Crippen molar-refractivity contribution in [2.75, 3.05) is 46.6 Å². The smallest absolute Gasteiger partial charge is 0.0704 e. The van der Waals surface area contributed by atoms with Gasteiger partial charge in [0, 0.05) is 26.9 Å². The van der Waals surface area contributed by atoms with E-state index < -0.39 is 0 Å². The summed E-state index contributed by atoms with van der Waals surface area (Å²) in [6, 6.07) is 0. The van der Waals surface area contributed by atoms with Gasteiger partial charge >= 0.3 is 0 Å². The minimum atomic E-state index is 0.243. The molecular formula is C11H25NO3. The summed E-state index contributed by atoms with van der Waals surface area (Å²) in [7, 11) is 1.68.